The first-order valence-electron chi connectivity index (χ1n) is 3.83. The summed E-state index contributed by atoms with van der Waals surface area (Å²) in [6.07, 6.45) is 1.33. The Morgan fingerprint density at radius 2 is 2.20 bits per heavy atom. The molecule has 10 heavy (non-hydrogen) atoms. The third-order valence-corrected chi connectivity index (χ3v) is 1.79. The van der Waals surface area contributed by atoms with Crippen molar-refractivity contribution in [1.29, 1.82) is 0 Å². The fraction of sp³-hybridized carbons (Fsp3) is 1.00. The van der Waals surface area contributed by atoms with Gasteiger partial charge in [0.1, 0.15) is 0 Å². The molecule has 60 valence electrons. The lowest BCUT2D eigenvalue weighted by Crippen LogP contribution is -2.45. The summed E-state index contributed by atoms with van der Waals surface area (Å²) in [5.41, 5.74) is 0. The van der Waals surface area contributed by atoms with Crippen molar-refractivity contribution < 1.29 is 9.84 Å². The fourth-order valence-electron chi connectivity index (χ4n) is 1.12. The van der Waals surface area contributed by atoms with Crippen LogP contribution in [0.5, 0.6) is 0 Å². The summed E-state index contributed by atoms with van der Waals surface area (Å²) in [5.74, 6) is 0. The molecule has 1 saturated heterocycles. The second kappa shape index (κ2) is 3.91. The molecule has 2 N–H and O–H groups in total. The molecule has 0 aromatic heterocycles. The number of hydrogen-bond acceptors (Lipinski definition) is 3. The molecule has 0 radical (unpaired) electrons. The predicted octanol–water partition coefficient (Wildman–Crippen LogP) is -0.254. The van der Waals surface area contributed by atoms with Gasteiger partial charge in [-0.3, -0.25) is 0 Å². The molecule has 1 heterocycles. The Morgan fingerprint density at radius 3 is 2.80 bits per heavy atom. The molecule has 0 bridgehead atoms. The number of rotatable bonds is 2. The largest absolute Gasteiger partial charge is 0.394 e. The zero-order valence-corrected chi connectivity index (χ0v) is 6.34. The van der Waals surface area contributed by atoms with Crippen LogP contribution in [0, 0.1) is 0 Å². The van der Waals surface area contributed by atoms with Gasteiger partial charge in [0.15, 0.2) is 0 Å². The molecule has 0 amide bonds. The number of aliphatic hydroxyl groups excluding tert-OH is 1. The Balaban J connectivity index is 2.25. The highest BCUT2D eigenvalue weighted by Crippen LogP contribution is 2.05. The van der Waals surface area contributed by atoms with E-state index in [1.54, 1.807) is 0 Å². The van der Waals surface area contributed by atoms with Crippen molar-refractivity contribution in [3.05, 3.63) is 0 Å². The van der Waals surface area contributed by atoms with Crippen LogP contribution in [0.3, 0.4) is 0 Å². The molecule has 1 aliphatic rings. The lowest BCUT2D eigenvalue weighted by atomic mass is 10.2. The van der Waals surface area contributed by atoms with Gasteiger partial charge in [0, 0.05) is 13.1 Å². The minimum absolute atomic E-state index is 0.0127. The number of hydrogen-bond donors (Lipinski definition) is 2. The number of morpholine rings is 1. The van der Waals surface area contributed by atoms with E-state index in [9.17, 15) is 0 Å². The van der Waals surface area contributed by atoms with Crippen LogP contribution < -0.4 is 5.32 Å². The van der Waals surface area contributed by atoms with Crippen molar-refractivity contribution in [1.82, 2.24) is 5.32 Å². The molecule has 1 rings (SSSR count). The molecule has 0 spiro atoms. The van der Waals surface area contributed by atoms with Crippen LogP contribution in [-0.2, 0) is 4.74 Å². The quantitative estimate of drug-likeness (QED) is 0.563. The summed E-state index contributed by atoms with van der Waals surface area (Å²) in [6, 6.07) is 0. The van der Waals surface area contributed by atoms with Gasteiger partial charge in [0.25, 0.3) is 0 Å². The van der Waals surface area contributed by atoms with E-state index in [2.05, 4.69) is 12.2 Å². The summed E-state index contributed by atoms with van der Waals surface area (Å²) in [4.78, 5) is 0. The average molecular weight is 145 g/mol. The van der Waals surface area contributed by atoms with Crippen LogP contribution in [0.4, 0.5) is 0 Å². The first-order valence-corrected chi connectivity index (χ1v) is 3.83. The highest BCUT2D eigenvalue weighted by Gasteiger charge is 2.19. The zero-order valence-electron chi connectivity index (χ0n) is 6.34. The molecule has 3 heteroatoms. The minimum atomic E-state index is 0.0127. The SMILES string of the molecule is CCC1CNC[C@H](CO)O1. The highest BCUT2D eigenvalue weighted by molar-refractivity contribution is 4.72. The van der Waals surface area contributed by atoms with E-state index < -0.39 is 0 Å². The van der Waals surface area contributed by atoms with Crippen molar-refractivity contribution in [2.24, 2.45) is 0 Å². The maximum absolute atomic E-state index is 8.74. The van der Waals surface area contributed by atoms with Gasteiger partial charge >= 0.3 is 0 Å². The van der Waals surface area contributed by atoms with Gasteiger partial charge in [0.2, 0.25) is 0 Å². The maximum Gasteiger partial charge on any atom is 0.0934 e. The van der Waals surface area contributed by atoms with Crippen molar-refractivity contribution >= 4 is 0 Å². The molecular weight excluding hydrogens is 130 g/mol. The van der Waals surface area contributed by atoms with Crippen LogP contribution in [0.15, 0.2) is 0 Å². The molecule has 0 aromatic carbocycles. The highest BCUT2D eigenvalue weighted by atomic mass is 16.5. The Labute approximate surface area is 61.4 Å². The lowest BCUT2D eigenvalue weighted by molar-refractivity contribution is -0.0611. The molecule has 2 atom stereocenters. The van der Waals surface area contributed by atoms with E-state index in [1.807, 2.05) is 0 Å². The standard InChI is InChI=1S/C7H15NO2/c1-2-6-3-8-4-7(5-9)10-6/h6-9H,2-5H2,1H3/t6?,7-/m1/s1. The molecule has 1 unspecified atom stereocenters. The molecule has 0 saturated carbocycles. The average Bonchev–Trinajstić information content (AvgIpc) is 2.05. The summed E-state index contributed by atoms with van der Waals surface area (Å²) in [5, 5.41) is 11.9. The first-order chi connectivity index (χ1) is 4.86. The Hall–Kier alpha value is -0.120. The van der Waals surface area contributed by atoms with E-state index in [-0.39, 0.29) is 12.7 Å². The number of ether oxygens (including phenoxy) is 1. The van der Waals surface area contributed by atoms with Crippen molar-refractivity contribution in [2.45, 2.75) is 25.6 Å². The van der Waals surface area contributed by atoms with Crippen LogP contribution in [0.2, 0.25) is 0 Å². The van der Waals surface area contributed by atoms with Gasteiger partial charge in [-0.05, 0) is 6.42 Å². The van der Waals surface area contributed by atoms with E-state index in [0.29, 0.717) is 6.10 Å². The predicted molar refractivity (Wildman–Crippen MR) is 38.9 cm³/mol. The van der Waals surface area contributed by atoms with E-state index in [1.165, 1.54) is 0 Å². The Kier molecular flexibility index (Phi) is 3.12. The van der Waals surface area contributed by atoms with Gasteiger partial charge in [-0.1, -0.05) is 6.92 Å². The van der Waals surface area contributed by atoms with Gasteiger partial charge in [-0.15, -0.1) is 0 Å². The Bertz CT molecular complexity index is 87.6. The zero-order chi connectivity index (χ0) is 7.40. The van der Waals surface area contributed by atoms with Crippen LogP contribution in [0.1, 0.15) is 13.3 Å². The molecule has 1 fully saturated rings. The minimum Gasteiger partial charge on any atom is -0.394 e. The third-order valence-electron chi connectivity index (χ3n) is 1.79. The monoisotopic (exact) mass is 145 g/mol. The number of nitrogens with one attached hydrogen (secondary N) is 1. The Morgan fingerprint density at radius 1 is 1.50 bits per heavy atom. The molecule has 0 aromatic rings. The van der Waals surface area contributed by atoms with Gasteiger partial charge in [-0.25, -0.2) is 0 Å². The normalized spacial score (nSPS) is 34.2. The topological polar surface area (TPSA) is 41.5 Å². The van der Waals surface area contributed by atoms with Crippen LogP contribution >= 0.6 is 0 Å². The summed E-state index contributed by atoms with van der Waals surface area (Å²) < 4.78 is 5.47. The fourth-order valence-corrected chi connectivity index (χ4v) is 1.12. The number of aliphatic hydroxyl groups is 1. The van der Waals surface area contributed by atoms with E-state index in [0.717, 1.165) is 19.5 Å². The maximum atomic E-state index is 8.74. The second-order valence-corrected chi connectivity index (χ2v) is 2.63. The molecular formula is C7H15NO2. The summed E-state index contributed by atoms with van der Waals surface area (Å²) >= 11 is 0. The van der Waals surface area contributed by atoms with Crippen molar-refractivity contribution in [3.8, 4) is 0 Å². The van der Waals surface area contributed by atoms with Gasteiger partial charge in [0.05, 0.1) is 18.8 Å². The molecule has 0 aliphatic carbocycles. The third kappa shape index (κ3) is 1.94. The summed E-state index contributed by atoms with van der Waals surface area (Å²) in [6.45, 7) is 3.93. The van der Waals surface area contributed by atoms with E-state index in [4.69, 9.17) is 9.84 Å². The molecule has 3 nitrogen and oxygen atoms in total. The molecule has 1 aliphatic heterocycles. The van der Waals surface area contributed by atoms with Gasteiger partial charge in [-0.2, -0.15) is 0 Å². The van der Waals surface area contributed by atoms with Crippen LogP contribution in [-0.4, -0.2) is 37.0 Å². The second-order valence-electron chi connectivity index (χ2n) is 2.63. The first kappa shape index (κ1) is 7.98. The lowest BCUT2D eigenvalue weighted by Gasteiger charge is -2.28. The van der Waals surface area contributed by atoms with Gasteiger partial charge < -0.3 is 15.2 Å². The van der Waals surface area contributed by atoms with Crippen molar-refractivity contribution in [3.63, 3.8) is 0 Å². The smallest absolute Gasteiger partial charge is 0.0934 e. The van der Waals surface area contributed by atoms with Crippen molar-refractivity contribution in [2.75, 3.05) is 19.7 Å². The van der Waals surface area contributed by atoms with E-state index >= 15 is 0 Å². The van der Waals surface area contributed by atoms with Crippen LogP contribution in [0.25, 0.3) is 0 Å². The summed E-state index contributed by atoms with van der Waals surface area (Å²) in [7, 11) is 0.